The molecule has 5 aliphatic carbocycles. The number of aliphatic hydroxyl groups excluding tert-OH is 2. The summed E-state index contributed by atoms with van der Waals surface area (Å²) in [6, 6.07) is 7.75. The van der Waals surface area contributed by atoms with E-state index in [1.54, 1.807) is 5.57 Å². The minimum absolute atomic E-state index is 0.0157. The molecule has 0 radical (unpaired) electrons. The molecule has 2 aromatic rings. The van der Waals surface area contributed by atoms with Crippen LogP contribution >= 0.6 is 11.6 Å². The summed E-state index contributed by atoms with van der Waals surface area (Å²) in [5, 5.41) is 34.5. The molecule has 1 amide bonds. The molecule has 5 aliphatic rings. The van der Waals surface area contributed by atoms with Gasteiger partial charge in [-0.25, -0.2) is 4.68 Å². The molecule has 0 aliphatic heterocycles. The average Bonchev–Trinajstić information content (AvgIpc) is 3.50. The summed E-state index contributed by atoms with van der Waals surface area (Å²) in [6.07, 6.45) is 14.0. The lowest BCUT2D eigenvalue weighted by Crippen LogP contribution is -2.66. The average molecular weight is 677 g/mol. The zero-order valence-electron chi connectivity index (χ0n) is 30.0. The van der Waals surface area contributed by atoms with E-state index in [0.717, 1.165) is 75.5 Å². The van der Waals surface area contributed by atoms with Crippen LogP contribution in [0.3, 0.4) is 0 Å². The van der Waals surface area contributed by atoms with Crippen LogP contribution in [0.2, 0.25) is 5.02 Å². The van der Waals surface area contributed by atoms with Gasteiger partial charge in [0, 0.05) is 10.4 Å². The van der Waals surface area contributed by atoms with Crippen molar-refractivity contribution in [3.8, 4) is 0 Å². The van der Waals surface area contributed by atoms with E-state index in [-0.39, 0.29) is 40.1 Å². The number of allylic oxidation sites excluding steroid dienone is 2. The molecule has 9 atom stereocenters. The number of nitrogens with one attached hydrogen (secondary N) is 1. The second-order valence-corrected chi connectivity index (χ2v) is 18.7. The Morgan fingerprint density at radius 1 is 0.979 bits per heavy atom. The summed E-state index contributed by atoms with van der Waals surface area (Å²) in [5.74, 6) is 1.20. The molecule has 262 valence electrons. The number of halogens is 1. The highest BCUT2D eigenvalue weighted by Gasteiger charge is 2.69. The van der Waals surface area contributed by atoms with Crippen molar-refractivity contribution >= 4 is 17.5 Å². The Labute approximate surface area is 292 Å². The molecule has 1 aromatic carbocycles. The van der Waals surface area contributed by atoms with Crippen molar-refractivity contribution in [2.45, 2.75) is 125 Å². The fraction of sp³-hybridized carbons (Fsp3) is 0.725. The van der Waals surface area contributed by atoms with Crippen molar-refractivity contribution in [2.75, 3.05) is 6.61 Å². The monoisotopic (exact) mass is 676 g/mol. The summed E-state index contributed by atoms with van der Waals surface area (Å²) in [5.41, 5.74) is 2.93. The van der Waals surface area contributed by atoms with Crippen molar-refractivity contribution < 1.29 is 15.0 Å². The van der Waals surface area contributed by atoms with Gasteiger partial charge >= 0.3 is 0 Å². The van der Waals surface area contributed by atoms with E-state index >= 15 is 0 Å². The SMILES string of the molecule is CC1(C)CC[C@]2(C(=O)NCc3cn(Cc4ccc(Cl)cc4)nn3)CC[C@]3(C)C(=CC[C@@H]4[C@@]5(C)CC[C@H](O)[C@@](C)(CO)[C@@H]5CC[C@]43C)[C@@H]2C1. The maximum absolute atomic E-state index is 14.5. The number of aromatic nitrogens is 3. The minimum atomic E-state index is -0.451. The number of amides is 1. The van der Waals surface area contributed by atoms with Crippen LogP contribution in [0.25, 0.3) is 0 Å². The van der Waals surface area contributed by atoms with Gasteiger partial charge in [-0.05, 0) is 121 Å². The largest absolute Gasteiger partial charge is 0.396 e. The molecule has 8 heteroatoms. The van der Waals surface area contributed by atoms with Crippen molar-refractivity contribution in [1.82, 2.24) is 20.3 Å². The van der Waals surface area contributed by atoms with E-state index in [0.29, 0.717) is 29.9 Å². The van der Waals surface area contributed by atoms with Crippen LogP contribution in [0.1, 0.15) is 117 Å². The first-order valence-corrected chi connectivity index (χ1v) is 18.9. The van der Waals surface area contributed by atoms with Crippen LogP contribution in [0, 0.1) is 50.2 Å². The molecule has 3 N–H and O–H groups in total. The predicted octanol–water partition coefficient (Wildman–Crippen LogP) is 7.73. The molecule has 0 spiro atoms. The van der Waals surface area contributed by atoms with Gasteiger partial charge in [0.25, 0.3) is 0 Å². The molecular formula is C40H57ClN4O3. The normalized spacial score (nSPS) is 41.6. The summed E-state index contributed by atoms with van der Waals surface area (Å²) in [6.45, 7) is 15.5. The Kier molecular flexibility index (Phi) is 8.32. The lowest BCUT2D eigenvalue weighted by atomic mass is 9.33. The Morgan fingerprint density at radius 3 is 2.44 bits per heavy atom. The fourth-order valence-electron chi connectivity index (χ4n) is 12.3. The van der Waals surface area contributed by atoms with E-state index in [4.69, 9.17) is 11.6 Å². The van der Waals surface area contributed by atoms with Gasteiger partial charge in [-0.3, -0.25) is 4.79 Å². The lowest BCUT2D eigenvalue weighted by molar-refractivity contribution is -0.215. The molecule has 48 heavy (non-hydrogen) atoms. The number of carbonyl (C=O) groups excluding carboxylic acids is 1. The number of hydrogen-bond acceptors (Lipinski definition) is 5. The van der Waals surface area contributed by atoms with E-state index in [1.165, 1.54) is 0 Å². The molecule has 4 fully saturated rings. The zero-order chi connectivity index (χ0) is 34.3. The second-order valence-electron chi connectivity index (χ2n) is 18.3. The highest BCUT2D eigenvalue weighted by Crippen LogP contribution is 2.75. The number of aliphatic hydroxyl groups is 2. The maximum Gasteiger partial charge on any atom is 0.227 e. The topological polar surface area (TPSA) is 100 Å². The zero-order valence-corrected chi connectivity index (χ0v) is 30.7. The third kappa shape index (κ3) is 5.06. The first-order valence-electron chi connectivity index (χ1n) is 18.5. The molecular weight excluding hydrogens is 620 g/mol. The molecule has 7 rings (SSSR count). The Morgan fingerprint density at radius 2 is 1.71 bits per heavy atom. The van der Waals surface area contributed by atoms with Crippen LogP contribution in [0.4, 0.5) is 0 Å². The number of hydrogen-bond donors (Lipinski definition) is 3. The van der Waals surface area contributed by atoms with E-state index in [9.17, 15) is 15.0 Å². The van der Waals surface area contributed by atoms with Crippen molar-refractivity contribution in [2.24, 2.45) is 50.2 Å². The van der Waals surface area contributed by atoms with E-state index in [1.807, 2.05) is 35.1 Å². The first-order chi connectivity index (χ1) is 22.6. The number of benzene rings is 1. The number of rotatable bonds is 6. The minimum Gasteiger partial charge on any atom is -0.396 e. The molecule has 1 aromatic heterocycles. The van der Waals surface area contributed by atoms with Crippen LogP contribution in [0.5, 0.6) is 0 Å². The number of nitrogens with zero attached hydrogens (tertiary/aromatic N) is 3. The summed E-state index contributed by atoms with van der Waals surface area (Å²) < 4.78 is 1.82. The lowest BCUT2D eigenvalue weighted by Gasteiger charge is -2.71. The third-order valence-corrected chi connectivity index (χ3v) is 15.7. The van der Waals surface area contributed by atoms with Gasteiger partial charge in [0.1, 0.15) is 5.69 Å². The van der Waals surface area contributed by atoms with Gasteiger partial charge in [0.15, 0.2) is 0 Å². The molecule has 4 saturated carbocycles. The van der Waals surface area contributed by atoms with Crippen LogP contribution in [0.15, 0.2) is 42.1 Å². The molecule has 0 bridgehead atoms. The maximum atomic E-state index is 14.5. The van der Waals surface area contributed by atoms with Gasteiger partial charge < -0.3 is 15.5 Å². The van der Waals surface area contributed by atoms with Crippen molar-refractivity contribution in [1.29, 1.82) is 0 Å². The Balaban J connectivity index is 1.15. The summed E-state index contributed by atoms with van der Waals surface area (Å²) in [4.78, 5) is 14.5. The van der Waals surface area contributed by atoms with Gasteiger partial charge in [-0.2, -0.15) is 0 Å². The van der Waals surface area contributed by atoms with Gasteiger partial charge in [-0.15, -0.1) is 5.10 Å². The first kappa shape index (κ1) is 34.2. The quantitative estimate of drug-likeness (QED) is 0.272. The van der Waals surface area contributed by atoms with Gasteiger partial charge in [0.05, 0.1) is 37.4 Å². The number of fused-ring (bicyclic) bond motifs is 7. The number of carbonyl (C=O) groups is 1. The standard InChI is InChI=1S/C40H57ClN4O3/c1-35(2)17-19-40(34(48)42-22-28-24-45(44-43-28)23-26-7-9-27(41)10-8-26)20-18-38(5)29(30(40)21-35)11-12-32-36(3)15-14-33(47)37(4,25-46)31(36)13-16-39(32,38)6/h7-11,24,30-33,46-47H,12-23,25H2,1-6H3,(H,42,48)/t30-,31+,32+,33-,36-,37-,38+,39+,40-/m0/s1. The van der Waals surface area contributed by atoms with Crippen molar-refractivity contribution in [3.63, 3.8) is 0 Å². The molecule has 7 nitrogen and oxygen atoms in total. The second kappa shape index (κ2) is 11.7. The van der Waals surface area contributed by atoms with E-state index < -0.39 is 16.9 Å². The highest BCUT2D eigenvalue weighted by atomic mass is 35.5. The Hall–Kier alpha value is -2.22. The Bertz CT molecular complexity index is 1590. The van der Waals surface area contributed by atoms with Crippen LogP contribution < -0.4 is 5.32 Å². The summed E-state index contributed by atoms with van der Waals surface area (Å²) >= 11 is 6.05. The molecule has 0 saturated heterocycles. The molecule has 0 unspecified atom stereocenters. The fourth-order valence-corrected chi connectivity index (χ4v) is 12.4. The third-order valence-electron chi connectivity index (χ3n) is 15.5. The highest BCUT2D eigenvalue weighted by molar-refractivity contribution is 6.30. The summed E-state index contributed by atoms with van der Waals surface area (Å²) in [7, 11) is 0. The van der Waals surface area contributed by atoms with Crippen molar-refractivity contribution in [3.05, 3.63) is 58.4 Å². The van der Waals surface area contributed by atoms with Gasteiger partial charge in [0.2, 0.25) is 5.91 Å². The molecule has 1 heterocycles. The van der Waals surface area contributed by atoms with E-state index in [2.05, 4.69) is 63.2 Å². The van der Waals surface area contributed by atoms with Crippen LogP contribution in [-0.2, 0) is 17.9 Å². The van der Waals surface area contributed by atoms with Crippen LogP contribution in [-0.4, -0.2) is 43.8 Å². The van der Waals surface area contributed by atoms with Gasteiger partial charge in [-0.1, -0.05) is 82.1 Å². The smallest absolute Gasteiger partial charge is 0.227 e. The predicted molar refractivity (Wildman–Crippen MR) is 189 cm³/mol.